The molecule has 0 N–H and O–H groups in total. The first-order valence-corrected chi connectivity index (χ1v) is 7.40. The zero-order valence-electron chi connectivity index (χ0n) is 12.7. The monoisotopic (exact) mass is 287 g/mol. The van der Waals surface area contributed by atoms with Crippen molar-refractivity contribution in [3.63, 3.8) is 0 Å². The van der Waals surface area contributed by atoms with Crippen molar-refractivity contribution >= 4 is 11.7 Å². The molecule has 4 nitrogen and oxygen atoms in total. The first-order chi connectivity index (χ1) is 9.95. The summed E-state index contributed by atoms with van der Waals surface area (Å²) in [6.45, 7) is 6.57. The molecule has 1 amide bonds. The Morgan fingerprint density at radius 2 is 1.95 bits per heavy atom. The number of fused-ring (bicyclic) bond motifs is 1. The van der Waals surface area contributed by atoms with Crippen molar-refractivity contribution < 1.29 is 14.3 Å². The van der Waals surface area contributed by atoms with Gasteiger partial charge in [-0.15, -0.1) is 0 Å². The molecule has 1 saturated carbocycles. The summed E-state index contributed by atoms with van der Waals surface area (Å²) in [6.07, 6.45) is 0. The average Bonchev–Trinajstić information content (AvgIpc) is 2.86. The molecule has 1 aliphatic carbocycles. The van der Waals surface area contributed by atoms with Crippen molar-refractivity contribution in [2.24, 2.45) is 17.3 Å². The lowest BCUT2D eigenvalue weighted by Gasteiger charge is -2.29. The number of carbonyl (C=O) groups excluding carboxylic acids is 2. The van der Waals surface area contributed by atoms with Crippen LogP contribution in [0.3, 0.4) is 0 Å². The Bertz CT molecular complexity index is 571. The molecule has 1 aliphatic heterocycles. The molecule has 1 unspecified atom stereocenters. The minimum absolute atomic E-state index is 0.00186. The quantitative estimate of drug-likeness (QED) is 0.852. The van der Waals surface area contributed by atoms with Gasteiger partial charge < -0.3 is 9.64 Å². The number of amides is 1. The molecule has 0 bridgehead atoms. The number of hydrogen-bond donors (Lipinski definition) is 0. The lowest BCUT2D eigenvalue weighted by atomic mass is 9.97. The molecule has 21 heavy (non-hydrogen) atoms. The lowest BCUT2D eigenvalue weighted by molar-refractivity contribution is -0.137. The highest BCUT2D eigenvalue weighted by Gasteiger charge is 2.71. The van der Waals surface area contributed by atoms with Gasteiger partial charge >= 0.3 is 0 Å². The van der Waals surface area contributed by atoms with Crippen molar-refractivity contribution in [2.45, 2.75) is 26.8 Å². The van der Waals surface area contributed by atoms with Gasteiger partial charge in [0.2, 0.25) is 5.91 Å². The highest BCUT2D eigenvalue weighted by Crippen LogP contribution is 2.65. The van der Waals surface area contributed by atoms with E-state index in [1.54, 1.807) is 18.7 Å². The number of para-hydroxylation sites is 1. The van der Waals surface area contributed by atoms with Crippen molar-refractivity contribution in [1.82, 2.24) is 4.90 Å². The van der Waals surface area contributed by atoms with Crippen LogP contribution >= 0.6 is 0 Å². The Labute approximate surface area is 125 Å². The first-order valence-electron chi connectivity index (χ1n) is 7.40. The number of benzene rings is 1. The number of nitrogens with zero attached hydrogens (tertiary/aromatic N) is 1. The average molecular weight is 287 g/mol. The molecule has 1 heterocycles. The molecule has 2 aliphatic rings. The predicted molar refractivity (Wildman–Crippen MR) is 78.9 cm³/mol. The molecule has 4 atom stereocenters. The summed E-state index contributed by atoms with van der Waals surface area (Å²) in [5.74, 6) is 1.54. The number of hydrogen-bond acceptors (Lipinski definition) is 3. The van der Waals surface area contributed by atoms with Crippen LogP contribution in [0.4, 0.5) is 0 Å². The molecule has 1 aromatic carbocycles. The van der Waals surface area contributed by atoms with E-state index in [0.29, 0.717) is 19.1 Å². The van der Waals surface area contributed by atoms with E-state index in [1.165, 1.54) is 0 Å². The van der Waals surface area contributed by atoms with E-state index in [-0.39, 0.29) is 29.1 Å². The SMILES string of the molecule is CC(=O)[C@@H]1[C@@H]2[C@H](CN1C(C)=O)C2(C)COc1ccccc1. The van der Waals surface area contributed by atoms with Gasteiger partial charge in [0.15, 0.2) is 5.78 Å². The maximum absolute atomic E-state index is 11.9. The predicted octanol–water partition coefficient (Wildman–Crippen LogP) is 2.14. The van der Waals surface area contributed by atoms with E-state index in [0.717, 1.165) is 5.75 Å². The van der Waals surface area contributed by atoms with E-state index >= 15 is 0 Å². The summed E-state index contributed by atoms with van der Waals surface area (Å²) in [5, 5.41) is 0. The van der Waals surface area contributed by atoms with Crippen molar-refractivity contribution in [3.05, 3.63) is 30.3 Å². The molecule has 2 fully saturated rings. The number of piperidine rings is 1. The van der Waals surface area contributed by atoms with Crippen LogP contribution in [0.5, 0.6) is 5.75 Å². The fraction of sp³-hybridized carbons (Fsp3) is 0.529. The second-order valence-electron chi connectivity index (χ2n) is 6.47. The van der Waals surface area contributed by atoms with Gasteiger partial charge in [-0.1, -0.05) is 25.1 Å². The summed E-state index contributed by atoms with van der Waals surface area (Å²) in [4.78, 5) is 25.3. The maximum Gasteiger partial charge on any atom is 0.220 e. The minimum Gasteiger partial charge on any atom is -0.493 e. The molecule has 112 valence electrons. The highest BCUT2D eigenvalue weighted by atomic mass is 16.5. The number of likely N-dealkylation sites (tertiary alicyclic amines) is 1. The number of ketones is 1. The second-order valence-corrected chi connectivity index (χ2v) is 6.47. The normalized spacial score (nSPS) is 33.5. The molecule has 4 heteroatoms. The fourth-order valence-corrected chi connectivity index (χ4v) is 3.88. The molecule has 0 spiro atoms. The van der Waals surface area contributed by atoms with E-state index in [2.05, 4.69) is 6.92 Å². The Morgan fingerprint density at radius 3 is 2.52 bits per heavy atom. The summed E-state index contributed by atoms with van der Waals surface area (Å²) in [7, 11) is 0. The number of carbonyl (C=O) groups is 2. The van der Waals surface area contributed by atoms with E-state index < -0.39 is 0 Å². The maximum atomic E-state index is 11.9. The lowest BCUT2D eigenvalue weighted by Crippen LogP contribution is -2.44. The topological polar surface area (TPSA) is 46.6 Å². The van der Waals surface area contributed by atoms with Crippen LogP contribution in [0.25, 0.3) is 0 Å². The Hall–Kier alpha value is -1.84. The Morgan fingerprint density at radius 1 is 1.29 bits per heavy atom. The van der Waals surface area contributed by atoms with Crippen LogP contribution in [0.15, 0.2) is 30.3 Å². The van der Waals surface area contributed by atoms with Crippen LogP contribution in [0, 0.1) is 17.3 Å². The third kappa shape index (κ3) is 2.23. The summed E-state index contributed by atoms with van der Waals surface area (Å²) >= 11 is 0. The number of rotatable bonds is 4. The van der Waals surface area contributed by atoms with Gasteiger partial charge in [-0.3, -0.25) is 9.59 Å². The van der Waals surface area contributed by atoms with Crippen molar-refractivity contribution in [3.8, 4) is 5.75 Å². The first kappa shape index (κ1) is 14.1. The number of Topliss-reactive ketones (excluding diaryl/α,β-unsaturated/α-hetero) is 1. The third-order valence-corrected chi connectivity index (χ3v) is 5.12. The molecular formula is C17H21NO3. The largest absolute Gasteiger partial charge is 0.493 e. The zero-order valence-corrected chi connectivity index (χ0v) is 12.7. The third-order valence-electron chi connectivity index (χ3n) is 5.12. The second kappa shape index (κ2) is 4.86. The van der Waals surface area contributed by atoms with E-state index in [4.69, 9.17) is 4.74 Å². The molecule has 3 rings (SSSR count). The molecule has 0 radical (unpaired) electrons. The van der Waals surface area contributed by atoms with Crippen LogP contribution < -0.4 is 4.74 Å². The summed E-state index contributed by atoms with van der Waals surface area (Å²) in [5.41, 5.74) is -0.00186. The molecule has 1 saturated heterocycles. The van der Waals surface area contributed by atoms with Crippen LogP contribution in [0.2, 0.25) is 0 Å². The van der Waals surface area contributed by atoms with Gasteiger partial charge in [-0.25, -0.2) is 0 Å². The smallest absolute Gasteiger partial charge is 0.220 e. The zero-order chi connectivity index (χ0) is 15.2. The molecule has 1 aromatic rings. The van der Waals surface area contributed by atoms with Crippen molar-refractivity contribution in [2.75, 3.05) is 13.2 Å². The van der Waals surface area contributed by atoms with Gasteiger partial charge in [-0.05, 0) is 25.0 Å². The fourth-order valence-electron chi connectivity index (χ4n) is 3.88. The summed E-state index contributed by atoms with van der Waals surface area (Å²) in [6, 6.07) is 9.45. The summed E-state index contributed by atoms with van der Waals surface area (Å²) < 4.78 is 5.88. The Kier molecular flexibility index (Phi) is 3.27. The molecule has 0 aromatic heterocycles. The van der Waals surface area contributed by atoms with Crippen LogP contribution in [0.1, 0.15) is 20.8 Å². The van der Waals surface area contributed by atoms with E-state index in [9.17, 15) is 9.59 Å². The van der Waals surface area contributed by atoms with Crippen LogP contribution in [-0.2, 0) is 9.59 Å². The van der Waals surface area contributed by atoms with Gasteiger partial charge in [-0.2, -0.15) is 0 Å². The molecular weight excluding hydrogens is 266 g/mol. The van der Waals surface area contributed by atoms with Crippen molar-refractivity contribution in [1.29, 1.82) is 0 Å². The standard InChI is InChI=1S/C17H21NO3/c1-11(19)16-15-14(9-18(16)12(2)20)17(15,3)10-21-13-7-5-4-6-8-13/h4-8,14-16H,9-10H2,1-3H3/t14-,15-,16+,17?/m0/s1. The number of ether oxygens (including phenoxy) is 1. The Balaban J connectivity index is 1.69. The highest BCUT2D eigenvalue weighted by molar-refractivity contribution is 5.88. The van der Waals surface area contributed by atoms with Gasteiger partial charge in [0.05, 0.1) is 12.6 Å². The van der Waals surface area contributed by atoms with E-state index in [1.807, 2.05) is 30.3 Å². The van der Waals surface area contributed by atoms with Gasteiger partial charge in [0.1, 0.15) is 5.75 Å². The van der Waals surface area contributed by atoms with Gasteiger partial charge in [0, 0.05) is 24.8 Å². The van der Waals surface area contributed by atoms with Gasteiger partial charge in [0.25, 0.3) is 0 Å². The minimum atomic E-state index is -0.267. The van der Waals surface area contributed by atoms with Crippen LogP contribution in [-0.4, -0.2) is 35.8 Å².